The van der Waals surface area contributed by atoms with Crippen LogP contribution in [0.15, 0.2) is 24.4 Å². The van der Waals surface area contributed by atoms with E-state index in [0.29, 0.717) is 21.4 Å². The molecular formula is C11H11Cl2N5O. The van der Waals surface area contributed by atoms with Gasteiger partial charge in [-0.05, 0) is 18.2 Å². The van der Waals surface area contributed by atoms with Gasteiger partial charge in [-0.25, -0.2) is 4.68 Å². The lowest BCUT2D eigenvalue weighted by Gasteiger charge is -2.07. The number of nitrogens with two attached hydrogens (primary N) is 1. The molecule has 2 rings (SSSR count). The van der Waals surface area contributed by atoms with Crippen molar-refractivity contribution in [2.45, 2.75) is 13.1 Å². The molecule has 0 atom stereocenters. The van der Waals surface area contributed by atoms with Crippen LogP contribution in [0, 0.1) is 0 Å². The molecule has 0 aliphatic carbocycles. The molecule has 1 aromatic carbocycles. The van der Waals surface area contributed by atoms with Crippen molar-refractivity contribution in [3.63, 3.8) is 0 Å². The number of carbonyl (C=O) groups excluding carboxylic acids is 1. The van der Waals surface area contributed by atoms with Crippen LogP contribution in [0.3, 0.4) is 0 Å². The van der Waals surface area contributed by atoms with Crippen molar-refractivity contribution in [3.05, 3.63) is 40.1 Å². The summed E-state index contributed by atoms with van der Waals surface area (Å²) in [6.07, 6.45) is 1.61. The van der Waals surface area contributed by atoms with Crippen LogP contribution in [-0.2, 0) is 17.9 Å². The summed E-state index contributed by atoms with van der Waals surface area (Å²) in [7, 11) is 0. The van der Waals surface area contributed by atoms with E-state index in [0.717, 1.165) is 0 Å². The number of anilines is 1. The Morgan fingerprint density at radius 3 is 2.84 bits per heavy atom. The normalized spacial score (nSPS) is 10.5. The fraction of sp³-hybridized carbons (Fsp3) is 0.182. The first-order valence-electron chi connectivity index (χ1n) is 5.42. The van der Waals surface area contributed by atoms with Gasteiger partial charge in [0, 0.05) is 11.6 Å². The molecule has 1 heterocycles. The van der Waals surface area contributed by atoms with Gasteiger partial charge in [-0.15, -0.1) is 5.10 Å². The highest BCUT2D eigenvalue weighted by molar-refractivity contribution is 6.36. The number of carbonyl (C=O) groups is 1. The summed E-state index contributed by atoms with van der Waals surface area (Å²) in [6.45, 7) is 0.316. The van der Waals surface area contributed by atoms with Crippen molar-refractivity contribution in [1.82, 2.24) is 15.0 Å². The molecule has 19 heavy (non-hydrogen) atoms. The maximum absolute atomic E-state index is 11.8. The number of benzene rings is 1. The second-order valence-electron chi connectivity index (χ2n) is 3.78. The van der Waals surface area contributed by atoms with E-state index in [-0.39, 0.29) is 19.0 Å². The fourth-order valence-corrected chi connectivity index (χ4v) is 1.89. The van der Waals surface area contributed by atoms with Crippen LogP contribution in [0.25, 0.3) is 0 Å². The number of hydrogen-bond acceptors (Lipinski definition) is 4. The van der Waals surface area contributed by atoms with Crippen LogP contribution < -0.4 is 11.1 Å². The van der Waals surface area contributed by atoms with Crippen LogP contribution in [0.2, 0.25) is 10.0 Å². The van der Waals surface area contributed by atoms with E-state index >= 15 is 0 Å². The van der Waals surface area contributed by atoms with Gasteiger partial charge in [0.1, 0.15) is 6.54 Å². The molecule has 2 aromatic rings. The average molecular weight is 300 g/mol. The van der Waals surface area contributed by atoms with Crippen molar-refractivity contribution >= 4 is 34.8 Å². The summed E-state index contributed by atoms with van der Waals surface area (Å²) in [4.78, 5) is 11.8. The van der Waals surface area contributed by atoms with Crippen molar-refractivity contribution < 1.29 is 4.79 Å². The van der Waals surface area contributed by atoms with Crippen molar-refractivity contribution in [2.75, 3.05) is 5.32 Å². The van der Waals surface area contributed by atoms with E-state index in [1.54, 1.807) is 24.4 Å². The zero-order valence-electron chi connectivity index (χ0n) is 9.81. The third-order valence-electron chi connectivity index (χ3n) is 2.31. The molecule has 0 fully saturated rings. The molecule has 0 radical (unpaired) electrons. The number of halogens is 2. The van der Waals surface area contributed by atoms with Crippen molar-refractivity contribution in [3.8, 4) is 0 Å². The smallest absolute Gasteiger partial charge is 0.246 e. The fourth-order valence-electron chi connectivity index (χ4n) is 1.44. The lowest BCUT2D eigenvalue weighted by molar-refractivity contribution is -0.116. The summed E-state index contributed by atoms with van der Waals surface area (Å²) >= 11 is 11.7. The quantitative estimate of drug-likeness (QED) is 0.899. The SMILES string of the molecule is NCc1cn(CC(=O)Nc2ccc(Cl)cc2Cl)nn1. The number of hydrogen-bond donors (Lipinski definition) is 2. The lowest BCUT2D eigenvalue weighted by Crippen LogP contribution is -2.19. The third-order valence-corrected chi connectivity index (χ3v) is 2.85. The minimum atomic E-state index is -0.266. The number of amides is 1. The van der Waals surface area contributed by atoms with Crippen molar-refractivity contribution in [1.29, 1.82) is 0 Å². The Kier molecular flexibility index (Phi) is 4.36. The molecule has 0 unspecified atom stereocenters. The second-order valence-corrected chi connectivity index (χ2v) is 4.63. The lowest BCUT2D eigenvalue weighted by atomic mass is 10.3. The Hall–Kier alpha value is -1.63. The zero-order valence-corrected chi connectivity index (χ0v) is 11.3. The summed E-state index contributed by atoms with van der Waals surface area (Å²) in [5.74, 6) is -0.266. The monoisotopic (exact) mass is 299 g/mol. The second kappa shape index (κ2) is 6.01. The van der Waals surface area contributed by atoms with Gasteiger partial charge in [0.05, 0.1) is 22.6 Å². The first kappa shape index (κ1) is 13.8. The molecule has 0 bridgehead atoms. The third kappa shape index (κ3) is 3.66. The standard InChI is InChI=1S/C11H11Cl2N5O/c12-7-1-2-10(9(13)3-7)15-11(19)6-18-5-8(4-14)16-17-18/h1-3,5H,4,6,14H2,(H,15,19). The maximum Gasteiger partial charge on any atom is 0.246 e. The van der Waals surface area contributed by atoms with Crippen LogP contribution in [0.1, 0.15) is 5.69 Å². The van der Waals surface area contributed by atoms with Gasteiger partial charge in [-0.1, -0.05) is 28.4 Å². The van der Waals surface area contributed by atoms with Crippen molar-refractivity contribution in [2.24, 2.45) is 5.73 Å². The van der Waals surface area contributed by atoms with Gasteiger partial charge in [-0.3, -0.25) is 4.79 Å². The molecule has 3 N–H and O–H groups in total. The zero-order chi connectivity index (χ0) is 13.8. The molecule has 0 aliphatic heterocycles. The summed E-state index contributed by atoms with van der Waals surface area (Å²) < 4.78 is 1.40. The number of nitrogens with zero attached hydrogens (tertiary/aromatic N) is 3. The number of rotatable bonds is 4. The topological polar surface area (TPSA) is 85.8 Å². The molecule has 1 amide bonds. The summed E-state index contributed by atoms with van der Waals surface area (Å²) in [5, 5.41) is 11.1. The molecule has 0 saturated heterocycles. The van der Waals surface area contributed by atoms with E-state index < -0.39 is 0 Å². The molecule has 1 aromatic heterocycles. The highest BCUT2D eigenvalue weighted by Gasteiger charge is 2.08. The van der Waals surface area contributed by atoms with Crippen LogP contribution >= 0.6 is 23.2 Å². The Labute approximate surface area is 119 Å². The Balaban J connectivity index is 2.01. The van der Waals surface area contributed by atoms with Gasteiger partial charge in [0.15, 0.2) is 0 Å². The van der Waals surface area contributed by atoms with Crippen LogP contribution in [-0.4, -0.2) is 20.9 Å². The van der Waals surface area contributed by atoms with E-state index in [1.165, 1.54) is 4.68 Å². The maximum atomic E-state index is 11.8. The predicted molar refractivity (Wildman–Crippen MR) is 73.0 cm³/mol. The highest BCUT2D eigenvalue weighted by atomic mass is 35.5. The molecule has 8 heteroatoms. The Morgan fingerprint density at radius 1 is 1.42 bits per heavy atom. The minimum absolute atomic E-state index is 0.0337. The Bertz CT molecular complexity index is 599. The van der Waals surface area contributed by atoms with Gasteiger partial charge in [0.2, 0.25) is 5.91 Å². The molecule has 0 aliphatic rings. The Morgan fingerprint density at radius 2 is 2.21 bits per heavy atom. The first-order chi connectivity index (χ1) is 9.08. The largest absolute Gasteiger partial charge is 0.325 e. The molecule has 0 spiro atoms. The van der Waals surface area contributed by atoms with E-state index in [2.05, 4.69) is 15.6 Å². The molecule has 6 nitrogen and oxygen atoms in total. The van der Waals surface area contributed by atoms with Crippen LogP contribution in [0.4, 0.5) is 5.69 Å². The van der Waals surface area contributed by atoms with Gasteiger partial charge < -0.3 is 11.1 Å². The molecule has 0 saturated carbocycles. The number of aromatic nitrogens is 3. The minimum Gasteiger partial charge on any atom is -0.325 e. The summed E-state index contributed by atoms with van der Waals surface area (Å²) in [5.41, 5.74) is 6.52. The van der Waals surface area contributed by atoms with E-state index in [4.69, 9.17) is 28.9 Å². The predicted octanol–water partition coefficient (Wildman–Crippen LogP) is 1.68. The van der Waals surface area contributed by atoms with Gasteiger partial charge in [0.25, 0.3) is 0 Å². The first-order valence-corrected chi connectivity index (χ1v) is 6.18. The average Bonchev–Trinajstić information content (AvgIpc) is 2.80. The molecular weight excluding hydrogens is 289 g/mol. The van der Waals surface area contributed by atoms with E-state index in [1.807, 2.05) is 0 Å². The highest BCUT2D eigenvalue weighted by Crippen LogP contribution is 2.25. The van der Waals surface area contributed by atoms with Gasteiger partial charge >= 0.3 is 0 Å². The van der Waals surface area contributed by atoms with Gasteiger partial charge in [-0.2, -0.15) is 0 Å². The molecule has 100 valence electrons. The van der Waals surface area contributed by atoms with E-state index in [9.17, 15) is 4.79 Å². The summed E-state index contributed by atoms with van der Waals surface area (Å²) in [6, 6.07) is 4.83. The number of nitrogens with one attached hydrogen (secondary N) is 1. The van der Waals surface area contributed by atoms with Crippen LogP contribution in [0.5, 0.6) is 0 Å².